The molecule has 2 atom stereocenters. The maximum atomic E-state index is 5.50. The fourth-order valence-corrected chi connectivity index (χ4v) is 4.68. The lowest BCUT2D eigenvalue weighted by Crippen LogP contribution is -2.37. The average Bonchev–Trinajstić information content (AvgIpc) is 2.74. The predicted octanol–water partition coefficient (Wildman–Crippen LogP) is 7.45. The lowest BCUT2D eigenvalue weighted by atomic mass is 9.85. The molecule has 0 saturated heterocycles. The van der Waals surface area contributed by atoms with Gasteiger partial charge in [0.25, 0.3) is 0 Å². The van der Waals surface area contributed by atoms with Crippen LogP contribution < -0.4 is 9.64 Å². The van der Waals surface area contributed by atoms with Crippen LogP contribution in [0.3, 0.4) is 0 Å². The van der Waals surface area contributed by atoms with Crippen LogP contribution in [0.2, 0.25) is 0 Å². The van der Waals surface area contributed by atoms with Crippen LogP contribution >= 0.6 is 15.9 Å². The molecule has 0 fully saturated rings. The second kappa shape index (κ2) is 8.23. The van der Waals surface area contributed by atoms with Gasteiger partial charge in [-0.2, -0.15) is 0 Å². The first-order valence-electron chi connectivity index (χ1n) is 10.3. The highest BCUT2D eigenvalue weighted by Crippen LogP contribution is 2.44. The summed E-state index contributed by atoms with van der Waals surface area (Å²) < 4.78 is 6.61. The molecule has 4 rings (SSSR count). The molecule has 2 nitrogen and oxygen atoms in total. The minimum Gasteiger partial charge on any atom is -0.497 e. The van der Waals surface area contributed by atoms with Crippen molar-refractivity contribution in [3.05, 3.63) is 93.5 Å². The number of hydrogen-bond donors (Lipinski definition) is 0. The Hall–Kier alpha value is -2.26. The van der Waals surface area contributed by atoms with Gasteiger partial charge in [-0.05, 0) is 77.9 Å². The summed E-state index contributed by atoms with van der Waals surface area (Å²) in [6.07, 6.45) is 0.963. The maximum Gasteiger partial charge on any atom is 0.119 e. The molecule has 0 bridgehead atoms. The lowest BCUT2D eigenvalue weighted by molar-refractivity contribution is 0.412. The van der Waals surface area contributed by atoms with E-state index < -0.39 is 0 Å². The number of rotatable bonds is 4. The van der Waals surface area contributed by atoms with Gasteiger partial charge in [-0.1, -0.05) is 60.1 Å². The molecule has 1 aliphatic heterocycles. The smallest absolute Gasteiger partial charge is 0.119 e. The van der Waals surface area contributed by atoms with E-state index in [1.165, 1.54) is 27.9 Å². The molecule has 3 aromatic rings. The Morgan fingerprint density at radius 2 is 1.66 bits per heavy atom. The van der Waals surface area contributed by atoms with Crippen LogP contribution in [0.5, 0.6) is 5.75 Å². The monoisotopic (exact) mass is 449 g/mol. The Kier molecular flexibility index (Phi) is 5.69. The van der Waals surface area contributed by atoms with Gasteiger partial charge >= 0.3 is 0 Å². The van der Waals surface area contributed by atoms with Gasteiger partial charge in [-0.25, -0.2) is 0 Å². The number of nitrogens with zero attached hydrogens (tertiary/aromatic N) is 1. The summed E-state index contributed by atoms with van der Waals surface area (Å²) in [5.41, 5.74) is 6.74. The number of ether oxygens (including phenoxy) is 1. The molecule has 0 saturated carbocycles. The summed E-state index contributed by atoms with van der Waals surface area (Å²) in [4.78, 5) is 2.57. The van der Waals surface area contributed by atoms with Gasteiger partial charge in [0.2, 0.25) is 0 Å². The highest BCUT2D eigenvalue weighted by Gasteiger charge is 2.33. The molecule has 0 aromatic heterocycles. The highest BCUT2D eigenvalue weighted by molar-refractivity contribution is 9.10. The van der Waals surface area contributed by atoms with Gasteiger partial charge in [-0.15, -0.1) is 0 Å². The molecular weight excluding hydrogens is 422 g/mol. The van der Waals surface area contributed by atoms with Crippen molar-refractivity contribution in [3.63, 3.8) is 0 Å². The third-order valence-corrected chi connectivity index (χ3v) is 6.61. The molecule has 0 aliphatic carbocycles. The first kappa shape index (κ1) is 20.0. The second-order valence-corrected chi connectivity index (χ2v) is 9.08. The van der Waals surface area contributed by atoms with Gasteiger partial charge in [0.1, 0.15) is 5.75 Å². The van der Waals surface area contributed by atoms with Gasteiger partial charge in [0, 0.05) is 10.2 Å². The lowest BCUT2D eigenvalue weighted by Gasteiger charge is -2.44. The van der Waals surface area contributed by atoms with Gasteiger partial charge in [0.05, 0.1) is 19.2 Å². The zero-order valence-electron chi connectivity index (χ0n) is 17.5. The molecule has 29 heavy (non-hydrogen) atoms. The first-order valence-corrected chi connectivity index (χ1v) is 11.1. The number of methoxy groups -OCH3 is 1. The van der Waals surface area contributed by atoms with E-state index in [1.54, 1.807) is 7.11 Å². The summed E-state index contributed by atoms with van der Waals surface area (Å²) in [6, 6.07) is 24.9. The fourth-order valence-electron chi connectivity index (χ4n) is 4.42. The summed E-state index contributed by atoms with van der Waals surface area (Å²) in [7, 11) is 1.74. The Morgan fingerprint density at radius 1 is 0.966 bits per heavy atom. The van der Waals surface area contributed by atoms with E-state index in [1.807, 2.05) is 0 Å². The Labute approximate surface area is 182 Å². The minimum atomic E-state index is 0.280. The summed E-state index contributed by atoms with van der Waals surface area (Å²) in [6.45, 7) is 6.80. The molecular formula is C26H28BrNO. The summed E-state index contributed by atoms with van der Waals surface area (Å²) in [5.74, 6) is 1.47. The molecule has 0 amide bonds. The molecule has 2 unspecified atom stereocenters. The van der Waals surface area contributed by atoms with Crippen LogP contribution in [0.1, 0.15) is 61.0 Å². The molecule has 3 aromatic carbocycles. The van der Waals surface area contributed by atoms with Crippen molar-refractivity contribution in [2.45, 2.75) is 45.2 Å². The van der Waals surface area contributed by atoms with Crippen molar-refractivity contribution >= 4 is 21.6 Å². The van der Waals surface area contributed by atoms with Crippen molar-refractivity contribution in [1.82, 2.24) is 0 Å². The number of fused-ring (bicyclic) bond motifs is 1. The van der Waals surface area contributed by atoms with E-state index in [4.69, 9.17) is 4.74 Å². The molecule has 0 radical (unpaired) electrons. The van der Waals surface area contributed by atoms with Crippen LogP contribution in [0.4, 0.5) is 5.69 Å². The van der Waals surface area contributed by atoms with E-state index >= 15 is 0 Å². The second-order valence-electron chi connectivity index (χ2n) is 8.17. The minimum absolute atomic E-state index is 0.280. The Morgan fingerprint density at radius 3 is 2.28 bits per heavy atom. The molecule has 3 heteroatoms. The van der Waals surface area contributed by atoms with E-state index in [-0.39, 0.29) is 12.1 Å². The van der Waals surface area contributed by atoms with Crippen LogP contribution in [-0.2, 0) is 6.42 Å². The number of hydrogen-bond acceptors (Lipinski definition) is 2. The zero-order chi connectivity index (χ0) is 20.5. The SMILES string of the molecule is COc1ccc2c(c1)CC(c1ccc(Br)cc1)N(c1ccc(C(C)C)cc1)C2C. The standard InChI is InChI=1S/C26H28BrNO/c1-17(2)19-7-11-23(12-8-19)28-18(3)25-14-13-24(29-4)15-21(25)16-26(28)20-5-9-22(27)10-6-20/h5-15,17-18,26H,16H2,1-4H3. The zero-order valence-corrected chi connectivity index (χ0v) is 19.1. The topological polar surface area (TPSA) is 12.5 Å². The fraction of sp³-hybridized carbons (Fsp3) is 0.308. The third kappa shape index (κ3) is 3.93. The number of anilines is 1. The van der Waals surface area contributed by atoms with Crippen molar-refractivity contribution in [2.75, 3.05) is 12.0 Å². The molecule has 0 N–H and O–H groups in total. The Bertz CT molecular complexity index is 979. The quantitative estimate of drug-likeness (QED) is 0.409. The van der Waals surface area contributed by atoms with Gasteiger partial charge < -0.3 is 9.64 Å². The van der Waals surface area contributed by atoms with Crippen LogP contribution in [0.15, 0.2) is 71.2 Å². The van der Waals surface area contributed by atoms with Crippen molar-refractivity contribution in [3.8, 4) is 5.75 Å². The average molecular weight is 450 g/mol. The third-order valence-electron chi connectivity index (χ3n) is 6.08. The predicted molar refractivity (Wildman–Crippen MR) is 125 cm³/mol. The van der Waals surface area contributed by atoms with Crippen molar-refractivity contribution in [1.29, 1.82) is 0 Å². The van der Waals surface area contributed by atoms with Crippen molar-refractivity contribution in [2.24, 2.45) is 0 Å². The van der Waals surface area contributed by atoms with Crippen molar-refractivity contribution < 1.29 is 4.74 Å². The van der Waals surface area contributed by atoms with E-state index in [9.17, 15) is 0 Å². The summed E-state index contributed by atoms with van der Waals surface area (Å²) >= 11 is 3.58. The van der Waals surface area contributed by atoms with Gasteiger partial charge in [0.15, 0.2) is 0 Å². The van der Waals surface area contributed by atoms with E-state index in [0.717, 1.165) is 16.6 Å². The molecule has 1 heterocycles. The Balaban J connectivity index is 1.80. The first-order chi connectivity index (χ1) is 14.0. The van der Waals surface area contributed by atoms with Gasteiger partial charge in [-0.3, -0.25) is 0 Å². The number of benzene rings is 3. The van der Waals surface area contributed by atoms with Crippen LogP contribution in [-0.4, -0.2) is 7.11 Å². The van der Waals surface area contributed by atoms with Crippen LogP contribution in [0, 0.1) is 0 Å². The highest BCUT2D eigenvalue weighted by atomic mass is 79.9. The maximum absolute atomic E-state index is 5.50. The molecule has 150 valence electrons. The normalized spacial score (nSPS) is 18.6. The molecule has 1 aliphatic rings. The van der Waals surface area contributed by atoms with E-state index in [0.29, 0.717) is 5.92 Å². The summed E-state index contributed by atoms with van der Waals surface area (Å²) in [5, 5.41) is 0. The number of halogens is 1. The largest absolute Gasteiger partial charge is 0.497 e. The van der Waals surface area contributed by atoms with Crippen LogP contribution in [0.25, 0.3) is 0 Å². The molecule has 0 spiro atoms. The van der Waals surface area contributed by atoms with E-state index in [2.05, 4.69) is 108 Å².